The lowest BCUT2D eigenvalue weighted by molar-refractivity contribution is -0.124. The highest BCUT2D eigenvalue weighted by Gasteiger charge is 2.23. The molecule has 1 saturated heterocycles. The maximum atomic E-state index is 11.9. The van der Waals surface area contributed by atoms with Crippen molar-refractivity contribution in [2.75, 3.05) is 11.9 Å². The van der Waals surface area contributed by atoms with Gasteiger partial charge in [0.2, 0.25) is 0 Å². The van der Waals surface area contributed by atoms with Crippen molar-refractivity contribution in [1.82, 2.24) is 0 Å². The van der Waals surface area contributed by atoms with Crippen molar-refractivity contribution in [3.63, 3.8) is 0 Å². The number of carbonyl (C=O) groups excluding carboxylic acids is 1. The molecule has 1 aromatic rings. The molecule has 1 amide bonds. The molecule has 1 fully saturated rings. The van der Waals surface area contributed by atoms with Crippen molar-refractivity contribution in [3.05, 3.63) is 29.3 Å². The Bertz CT molecular complexity index is 409. The van der Waals surface area contributed by atoms with Gasteiger partial charge in [0.1, 0.15) is 6.10 Å². The maximum absolute atomic E-state index is 11.9. The number of ether oxygens (including phenoxy) is 1. The predicted octanol–water partition coefficient (Wildman–Crippen LogP) is 2.67. The molecule has 0 bridgehead atoms. The number of nitrogens with one attached hydrogen (secondary N) is 1. The molecule has 1 heterocycles. The number of amides is 1. The summed E-state index contributed by atoms with van der Waals surface area (Å²) in [6.45, 7) is 4.81. The molecule has 0 spiro atoms. The summed E-state index contributed by atoms with van der Waals surface area (Å²) in [6, 6.07) is 6.18. The first-order valence-corrected chi connectivity index (χ1v) is 6.22. The quantitative estimate of drug-likeness (QED) is 0.871. The van der Waals surface area contributed by atoms with Crippen LogP contribution in [-0.2, 0) is 16.0 Å². The Kier molecular flexibility index (Phi) is 3.79. The topological polar surface area (TPSA) is 38.3 Å². The van der Waals surface area contributed by atoms with E-state index in [1.165, 1.54) is 5.56 Å². The van der Waals surface area contributed by atoms with Gasteiger partial charge in [0, 0.05) is 12.3 Å². The summed E-state index contributed by atoms with van der Waals surface area (Å²) >= 11 is 0. The minimum atomic E-state index is -0.264. The van der Waals surface area contributed by atoms with E-state index < -0.39 is 0 Å². The molecule has 0 radical (unpaired) electrons. The molecule has 1 unspecified atom stereocenters. The molecular weight excluding hydrogens is 214 g/mol. The van der Waals surface area contributed by atoms with Gasteiger partial charge in [-0.1, -0.05) is 19.1 Å². The van der Waals surface area contributed by atoms with E-state index in [4.69, 9.17) is 4.74 Å². The third-order valence-corrected chi connectivity index (χ3v) is 3.19. The van der Waals surface area contributed by atoms with Gasteiger partial charge in [-0.25, -0.2) is 0 Å². The van der Waals surface area contributed by atoms with Crippen LogP contribution >= 0.6 is 0 Å². The molecule has 92 valence electrons. The Morgan fingerprint density at radius 3 is 3.00 bits per heavy atom. The summed E-state index contributed by atoms with van der Waals surface area (Å²) in [7, 11) is 0. The number of hydrogen-bond donors (Lipinski definition) is 1. The van der Waals surface area contributed by atoms with E-state index >= 15 is 0 Å². The molecule has 3 nitrogen and oxygen atoms in total. The van der Waals surface area contributed by atoms with Crippen LogP contribution in [0.15, 0.2) is 18.2 Å². The zero-order chi connectivity index (χ0) is 12.3. The Labute approximate surface area is 102 Å². The van der Waals surface area contributed by atoms with Gasteiger partial charge in [-0.2, -0.15) is 0 Å². The molecule has 2 rings (SSSR count). The van der Waals surface area contributed by atoms with Crippen LogP contribution in [0.1, 0.15) is 30.9 Å². The second kappa shape index (κ2) is 5.32. The van der Waals surface area contributed by atoms with Crippen molar-refractivity contribution in [1.29, 1.82) is 0 Å². The van der Waals surface area contributed by atoms with Crippen molar-refractivity contribution in [3.8, 4) is 0 Å². The van der Waals surface area contributed by atoms with E-state index in [-0.39, 0.29) is 12.0 Å². The summed E-state index contributed by atoms with van der Waals surface area (Å²) in [5.41, 5.74) is 3.23. The highest BCUT2D eigenvalue weighted by molar-refractivity contribution is 5.95. The third kappa shape index (κ3) is 2.86. The summed E-state index contributed by atoms with van der Waals surface area (Å²) in [4.78, 5) is 11.9. The molecule has 0 aliphatic carbocycles. The number of hydrogen-bond acceptors (Lipinski definition) is 2. The van der Waals surface area contributed by atoms with Gasteiger partial charge >= 0.3 is 0 Å². The minimum absolute atomic E-state index is 0.0150. The summed E-state index contributed by atoms with van der Waals surface area (Å²) in [6.07, 6.45) is 2.52. The Morgan fingerprint density at radius 1 is 1.53 bits per heavy atom. The molecule has 1 aliphatic rings. The van der Waals surface area contributed by atoms with E-state index in [2.05, 4.69) is 18.3 Å². The van der Waals surface area contributed by atoms with Crippen LogP contribution in [0.4, 0.5) is 5.69 Å². The fourth-order valence-corrected chi connectivity index (χ4v) is 2.02. The van der Waals surface area contributed by atoms with Crippen LogP contribution in [0.5, 0.6) is 0 Å². The number of rotatable bonds is 3. The molecular formula is C14H19NO2. The number of aryl methyl sites for hydroxylation is 2. The van der Waals surface area contributed by atoms with Crippen LogP contribution in [0.25, 0.3) is 0 Å². The van der Waals surface area contributed by atoms with Crippen LogP contribution in [0.2, 0.25) is 0 Å². The molecule has 0 aromatic heterocycles. The fraction of sp³-hybridized carbons (Fsp3) is 0.500. The van der Waals surface area contributed by atoms with E-state index in [1.807, 2.05) is 19.1 Å². The van der Waals surface area contributed by atoms with Crippen LogP contribution in [-0.4, -0.2) is 18.6 Å². The van der Waals surface area contributed by atoms with Crippen LogP contribution in [0.3, 0.4) is 0 Å². The molecule has 3 heteroatoms. The zero-order valence-electron chi connectivity index (χ0n) is 10.5. The largest absolute Gasteiger partial charge is 0.368 e. The summed E-state index contributed by atoms with van der Waals surface area (Å²) in [5, 5.41) is 2.96. The Morgan fingerprint density at radius 2 is 2.35 bits per heavy atom. The number of anilines is 1. The zero-order valence-corrected chi connectivity index (χ0v) is 10.5. The first kappa shape index (κ1) is 12.1. The minimum Gasteiger partial charge on any atom is -0.368 e. The Hall–Kier alpha value is -1.35. The third-order valence-electron chi connectivity index (χ3n) is 3.19. The first-order valence-electron chi connectivity index (χ1n) is 6.22. The molecule has 1 atom stereocenters. The highest BCUT2D eigenvalue weighted by Crippen LogP contribution is 2.20. The van der Waals surface area contributed by atoms with Crippen molar-refractivity contribution >= 4 is 11.6 Å². The first-order chi connectivity index (χ1) is 8.20. The van der Waals surface area contributed by atoms with E-state index in [9.17, 15) is 4.79 Å². The maximum Gasteiger partial charge on any atom is 0.253 e. The van der Waals surface area contributed by atoms with Crippen molar-refractivity contribution in [2.24, 2.45) is 0 Å². The van der Waals surface area contributed by atoms with Gasteiger partial charge in [-0.05, 0) is 43.4 Å². The van der Waals surface area contributed by atoms with Gasteiger partial charge < -0.3 is 10.1 Å². The second-order valence-corrected chi connectivity index (χ2v) is 4.49. The van der Waals surface area contributed by atoms with E-state index in [1.54, 1.807) is 0 Å². The summed E-state index contributed by atoms with van der Waals surface area (Å²) in [5.74, 6) is -0.0150. The number of benzene rings is 1. The predicted molar refractivity (Wildman–Crippen MR) is 68.2 cm³/mol. The van der Waals surface area contributed by atoms with Gasteiger partial charge in [0.25, 0.3) is 5.91 Å². The van der Waals surface area contributed by atoms with Crippen LogP contribution in [0, 0.1) is 6.92 Å². The van der Waals surface area contributed by atoms with E-state index in [0.29, 0.717) is 6.61 Å². The average Bonchev–Trinajstić information content (AvgIpc) is 2.85. The number of carbonyl (C=O) groups is 1. The lowest BCUT2D eigenvalue weighted by Gasteiger charge is -2.13. The van der Waals surface area contributed by atoms with Crippen molar-refractivity contribution < 1.29 is 9.53 Å². The van der Waals surface area contributed by atoms with E-state index in [0.717, 1.165) is 30.5 Å². The average molecular weight is 233 g/mol. The smallest absolute Gasteiger partial charge is 0.253 e. The SMILES string of the molecule is CCc1ccc(C)c(NC(=O)C2CCCO2)c1. The molecule has 1 N–H and O–H groups in total. The summed E-state index contributed by atoms with van der Waals surface area (Å²) < 4.78 is 5.37. The molecule has 0 saturated carbocycles. The fourth-order valence-electron chi connectivity index (χ4n) is 2.02. The lowest BCUT2D eigenvalue weighted by atomic mass is 10.1. The lowest BCUT2D eigenvalue weighted by Crippen LogP contribution is -2.27. The monoisotopic (exact) mass is 233 g/mol. The van der Waals surface area contributed by atoms with Gasteiger partial charge in [-0.3, -0.25) is 4.79 Å². The normalized spacial score (nSPS) is 19.3. The highest BCUT2D eigenvalue weighted by atomic mass is 16.5. The van der Waals surface area contributed by atoms with Gasteiger partial charge in [0.05, 0.1) is 0 Å². The second-order valence-electron chi connectivity index (χ2n) is 4.49. The standard InChI is InChI=1S/C14H19NO2/c1-3-11-7-6-10(2)12(9-11)15-14(16)13-5-4-8-17-13/h6-7,9,13H,3-5,8H2,1-2H3,(H,15,16). The molecule has 17 heavy (non-hydrogen) atoms. The van der Waals surface area contributed by atoms with Crippen molar-refractivity contribution in [2.45, 2.75) is 39.2 Å². The molecule has 1 aliphatic heterocycles. The van der Waals surface area contributed by atoms with Gasteiger partial charge in [0.15, 0.2) is 0 Å². The van der Waals surface area contributed by atoms with Crippen LogP contribution < -0.4 is 5.32 Å². The van der Waals surface area contributed by atoms with Gasteiger partial charge in [-0.15, -0.1) is 0 Å². The molecule has 1 aromatic carbocycles. The Balaban J connectivity index is 2.09.